The van der Waals surface area contributed by atoms with Gasteiger partial charge < -0.3 is 16.0 Å². The molecule has 0 saturated carbocycles. The highest BCUT2D eigenvalue weighted by atomic mass is 19.4. The van der Waals surface area contributed by atoms with Crippen LogP contribution in [0.25, 0.3) is 0 Å². The third-order valence-electron chi connectivity index (χ3n) is 2.05. The molecule has 0 bridgehead atoms. The summed E-state index contributed by atoms with van der Waals surface area (Å²) < 4.78 is 36.7. The highest BCUT2D eigenvalue weighted by Crippen LogP contribution is 2.18. The van der Waals surface area contributed by atoms with Gasteiger partial charge in [0.05, 0.1) is 19.2 Å². The van der Waals surface area contributed by atoms with Gasteiger partial charge >= 0.3 is 6.18 Å². The van der Waals surface area contributed by atoms with Crippen LogP contribution in [0, 0.1) is 0 Å². The molecule has 8 heteroatoms. The van der Waals surface area contributed by atoms with Crippen molar-refractivity contribution in [1.82, 2.24) is 4.90 Å². The molecule has 16 heavy (non-hydrogen) atoms. The quantitative estimate of drug-likeness (QED) is 0.272. The molecule has 0 aromatic carbocycles. The molecule has 0 amide bonds. The molecule has 0 radical (unpaired) electrons. The Bertz CT molecular complexity index is 233. The predicted octanol–water partition coefficient (Wildman–Crippen LogP) is 0.368. The van der Waals surface area contributed by atoms with Crippen LogP contribution in [-0.2, 0) is 0 Å². The van der Waals surface area contributed by atoms with Gasteiger partial charge in [-0.15, -0.1) is 0 Å². The average Bonchev–Trinajstić information content (AvgIpc) is 2.16. The zero-order chi connectivity index (χ0) is 12.8. The molecule has 0 aliphatic carbocycles. The fraction of sp³-hybridized carbons (Fsp3) is 0.875. The van der Waals surface area contributed by atoms with Crippen molar-refractivity contribution in [3.63, 3.8) is 0 Å². The van der Waals surface area contributed by atoms with Crippen molar-refractivity contribution in [2.24, 2.45) is 10.9 Å². The Morgan fingerprint density at radius 2 is 2.06 bits per heavy atom. The van der Waals surface area contributed by atoms with Crippen molar-refractivity contribution >= 4 is 5.84 Å². The molecule has 0 aromatic heterocycles. The lowest BCUT2D eigenvalue weighted by Crippen LogP contribution is -2.49. The lowest BCUT2D eigenvalue weighted by atomic mass is 10.1. The normalized spacial score (nSPS) is 15.5. The van der Waals surface area contributed by atoms with Crippen molar-refractivity contribution < 1.29 is 23.5 Å². The molecule has 0 aromatic rings. The number of nitrogens with two attached hydrogens (primary N) is 1. The molecule has 96 valence electrons. The standard InChI is InChI=1S/C8H16F3N3O2/c1-2-6(7(12)13-16)14(3-4-15)5-8(9,10)11/h6,15-16H,2-5H2,1H3,(H2,12,13). The van der Waals surface area contributed by atoms with E-state index in [1.807, 2.05) is 0 Å². The van der Waals surface area contributed by atoms with Crippen LogP contribution in [0.3, 0.4) is 0 Å². The molecule has 0 aliphatic heterocycles. The van der Waals surface area contributed by atoms with Gasteiger partial charge in [0.2, 0.25) is 0 Å². The summed E-state index contributed by atoms with van der Waals surface area (Å²) in [5, 5.41) is 19.8. The van der Waals surface area contributed by atoms with E-state index in [0.717, 1.165) is 4.90 Å². The van der Waals surface area contributed by atoms with E-state index in [0.29, 0.717) is 0 Å². The second-order valence-corrected chi connectivity index (χ2v) is 3.26. The van der Waals surface area contributed by atoms with E-state index in [4.69, 9.17) is 16.0 Å². The zero-order valence-corrected chi connectivity index (χ0v) is 8.91. The Balaban J connectivity index is 4.72. The van der Waals surface area contributed by atoms with Gasteiger partial charge in [0.1, 0.15) is 0 Å². The maximum absolute atomic E-state index is 12.2. The van der Waals surface area contributed by atoms with Crippen LogP contribution in [0.1, 0.15) is 13.3 Å². The molecule has 0 fully saturated rings. The summed E-state index contributed by atoms with van der Waals surface area (Å²) in [5.41, 5.74) is 5.29. The number of amidine groups is 1. The second-order valence-electron chi connectivity index (χ2n) is 3.26. The first-order valence-electron chi connectivity index (χ1n) is 4.74. The number of halogens is 3. The second kappa shape index (κ2) is 6.54. The number of aliphatic hydroxyl groups is 1. The van der Waals surface area contributed by atoms with Gasteiger partial charge in [0.25, 0.3) is 0 Å². The first-order chi connectivity index (χ1) is 7.35. The summed E-state index contributed by atoms with van der Waals surface area (Å²) in [6, 6.07) is -0.834. The van der Waals surface area contributed by atoms with Crippen LogP contribution in [0.15, 0.2) is 5.16 Å². The van der Waals surface area contributed by atoms with E-state index in [-0.39, 0.29) is 18.8 Å². The van der Waals surface area contributed by atoms with Crippen LogP contribution in [0.5, 0.6) is 0 Å². The summed E-state index contributed by atoms with van der Waals surface area (Å²) in [5.74, 6) is -0.291. The molecule has 0 rings (SSSR count). The van der Waals surface area contributed by atoms with Gasteiger partial charge in [0.15, 0.2) is 5.84 Å². The maximum atomic E-state index is 12.2. The van der Waals surface area contributed by atoms with E-state index < -0.39 is 25.4 Å². The van der Waals surface area contributed by atoms with Crippen LogP contribution >= 0.6 is 0 Å². The number of hydrogen-bond acceptors (Lipinski definition) is 4. The minimum absolute atomic E-state index is 0.186. The van der Waals surface area contributed by atoms with Gasteiger partial charge in [-0.2, -0.15) is 13.2 Å². The molecule has 0 heterocycles. The summed E-state index contributed by atoms with van der Waals surface area (Å²) in [6.07, 6.45) is -4.13. The third-order valence-corrected chi connectivity index (χ3v) is 2.05. The minimum atomic E-state index is -4.39. The number of oxime groups is 1. The Labute approximate surface area is 91.3 Å². The van der Waals surface area contributed by atoms with Crippen molar-refractivity contribution in [2.45, 2.75) is 25.6 Å². The number of nitrogens with zero attached hydrogens (tertiary/aromatic N) is 2. The van der Waals surface area contributed by atoms with E-state index in [2.05, 4.69) is 5.16 Å². The number of rotatable bonds is 6. The van der Waals surface area contributed by atoms with Crippen LogP contribution in [-0.4, -0.2) is 53.0 Å². The molecule has 4 N–H and O–H groups in total. The summed E-state index contributed by atoms with van der Waals surface area (Å²) >= 11 is 0. The Morgan fingerprint density at radius 3 is 2.38 bits per heavy atom. The van der Waals surface area contributed by atoms with Crippen molar-refractivity contribution in [3.05, 3.63) is 0 Å². The van der Waals surface area contributed by atoms with Crippen molar-refractivity contribution in [1.29, 1.82) is 0 Å². The predicted molar refractivity (Wildman–Crippen MR) is 52.2 cm³/mol. The first kappa shape index (κ1) is 15.0. The largest absolute Gasteiger partial charge is 0.409 e. The molecule has 5 nitrogen and oxygen atoms in total. The smallest absolute Gasteiger partial charge is 0.401 e. The molecular weight excluding hydrogens is 227 g/mol. The molecule has 0 saturated heterocycles. The van der Waals surface area contributed by atoms with Crippen molar-refractivity contribution in [3.8, 4) is 0 Å². The fourth-order valence-corrected chi connectivity index (χ4v) is 1.42. The molecular formula is C8H16F3N3O2. The van der Waals surface area contributed by atoms with Crippen LogP contribution in [0.4, 0.5) is 13.2 Å². The molecule has 1 atom stereocenters. The van der Waals surface area contributed by atoms with Gasteiger partial charge in [-0.1, -0.05) is 12.1 Å². The summed E-state index contributed by atoms with van der Waals surface area (Å²) in [4.78, 5) is 0.926. The van der Waals surface area contributed by atoms with E-state index in [1.165, 1.54) is 0 Å². The SMILES string of the molecule is CCC(C(N)=NO)N(CCO)CC(F)(F)F. The lowest BCUT2D eigenvalue weighted by molar-refractivity contribution is -0.149. The van der Waals surface area contributed by atoms with Crippen molar-refractivity contribution in [2.75, 3.05) is 19.7 Å². The van der Waals surface area contributed by atoms with Crippen LogP contribution in [0.2, 0.25) is 0 Å². The molecule has 1 unspecified atom stereocenters. The summed E-state index contributed by atoms with van der Waals surface area (Å²) in [7, 11) is 0. The zero-order valence-electron chi connectivity index (χ0n) is 8.91. The van der Waals surface area contributed by atoms with E-state index in [1.54, 1.807) is 6.92 Å². The molecule has 0 spiro atoms. The highest BCUT2D eigenvalue weighted by molar-refractivity contribution is 5.85. The first-order valence-corrected chi connectivity index (χ1v) is 4.74. The lowest BCUT2D eigenvalue weighted by Gasteiger charge is -2.30. The topological polar surface area (TPSA) is 82.1 Å². The molecule has 0 aliphatic rings. The average molecular weight is 243 g/mol. The Kier molecular flexibility index (Phi) is 6.12. The van der Waals surface area contributed by atoms with Gasteiger partial charge in [-0.25, -0.2) is 0 Å². The fourth-order valence-electron chi connectivity index (χ4n) is 1.42. The Hall–Kier alpha value is -1.02. The Morgan fingerprint density at radius 1 is 1.50 bits per heavy atom. The number of aliphatic hydroxyl groups excluding tert-OH is 1. The number of hydrogen-bond donors (Lipinski definition) is 3. The minimum Gasteiger partial charge on any atom is -0.409 e. The monoisotopic (exact) mass is 243 g/mol. The third kappa shape index (κ3) is 5.17. The van der Waals surface area contributed by atoms with E-state index in [9.17, 15) is 13.2 Å². The van der Waals surface area contributed by atoms with Gasteiger partial charge in [-0.3, -0.25) is 4.90 Å². The van der Waals surface area contributed by atoms with Crippen LogP contribution < -0.4 is 5.73 Å². The van der Waals surface area contributed by atoms with E-state index >= 15 is 0 Å². The van der Waals surface area contributed by atoms with Gasteiger partial charge in [0, 0.05) is 6.54 Å². The van der Waals surface area contributed by atoms with Gasteiger partial charge in [-0.05, 0) is 6.42 Å². The highest BCUT2D eigenvalue weighted by Gasteiger charge is 2.34. The number of alkyl halides is 3. The maximum Gasteiger partial charge on any atom is 0.401 e. The summed E-state index contributed by atoms with van der Waals surface area (Å²) in [6.45, 7) is -0.203.